The van der Waals surface area contributed by atoms with Gasteiger partial charge in [0, 0.05) is 0 Å². The standard InChI is InChI=1S/C13H18F2O2/c1-12(2,3)9-5-6-11(17-4)10(7-9)13(14,15)8-16/h5-7,16H,8H2,1-4H3. The molecule has 0 bridgehead atoms. The van der Waals surface area contributed by atoms with Crippen molar-refractivity contribution in [2.24, 2.45) is 0 Å². The molecular weight excluding hydrogens is 226 g/mol. The van der Waals surface area contributed by atoms with E-state index in [-0.39, 0.29) is 16.7 Å². The molecular formula is C13H18F2O2. The number of aliphatic hydroxyl groups excluding tert-OH is 1. The Labute approximate surface area is 100 Å². The van der Waals surface area contributed by atoms with Gasteiger partial charge >= 0.3 is 0 Å². The Kier molecular flexibility index (Phi) is 3.77. The second-order valence-electron chi connectivity index (χ2n) is 5.03. The van der Waals surface area contributed by atoms with Gasteiger partial charge in [-0.15, -0.1) is 0 Å². The lowest BCUT2D eigenvalue weighted by Crippen LogP contribution is -2.21. The molecule has 0 heterocycles. The number of ether oxygens (including phenoxy) is 1. The zero-order valence-electron chi connectivity index (χ0n) is 10.6. The lowest BCUT2D eigenvalue weighted by molar-refractivity contribution is -0.0572. The third kappa shape index (κ3) is 2.94. The van der Waals surface area contributed by atoms with E-state index >= 15 is 0 Å². The minimum absolute atomic E-state index is 0.0945. The van der Waals surface area contributed by atoms with Gasteiger partial charge in [0.25, 0.3) is 5.92 Å². The van der Waals surface area contributed by atoms with Crippen molar-refractivity contribution in [3.05, 3.63) is 29.3 Å². The van der Waals surface area contributed by atoms with Crippen LogP contribution in [0, 0.1) is 0 Å². The number of aliphatic hydroxyl groups is 1. The van der Waals surface area contributed by atoms with Gasteiger partial charge in [0.1, 0.15) is 12.4 Å². The van der Waals surface area contributed by atoms with Crippen molar-refractivity contribution < 1.29 is 18.6 Å². The molecule has 1 aromatic rings. The van der Waals surface area contributed by atoms with Crippen LogP contribution in [0.5, 0.6) is 5.75 Å². The lowest BCUT2D eigenvalue weighted by atomic mass is 9.85. The summed E-state index contributed by atoms with van der Waals surface area (Å²) < 4.78 is 32.1. The largest absolute Gasteiger partial charge is 0.496 e. The Morgan fingerprint density at radius 3 is 2.24 bits per heavy atom. The van der Waals surface area contributed by atoms with Crippen LogP contribution in [0.3, 0.4) is 0 Å². The van der Waals surface area contributed by atoms with Crippen molar-refractivity contribution in [3.8, 4) is 5.75 Å². The third-order valence-electron chi connectivity index (χ3n) is 2.66. The summed E-state index contributed by atoms with van der Waals surface area (Å²) in [5.74, 6) is -3.19. The smallest absolute Gasteiger partial charge is 0.299 e. The summed E-state index contributed by atoms with van der Waals surface area (Å²) >= 11 is 0. The van der Waals surface area contributed by atoms with Gasteiger partial charge in [-0.25, -0.2) is 0 Å². The highest BCUT2D eigenvalue weighted by molar-refractivity contribution is 5.42. The van der Waals surface area contributed by atoms with Crippen molar-refractivity contribution in [1.29, 1.82) is 0 Å². The molecule has 96 valence electrons. The molecule has 2 nitrogen and oxygen atoms in total. The number of hydrogen-bond donors (Lipinski definition) is 1. The van der Waals surface area contributed by atoms with Gasteiger partial charge in [-0.3, -0.25) is 0 Å². The molecule has 0 amide bonds. The van der Waals surface area contributed by atoms with Crippen LogP contribution >= 0.6 is 0 Å². The molecule has 1 rings (SSSR count). The second-order valence-corrected chi connectivity index (χ2v) is 5.03. The monoisotopic (exact) mass is 244 g/mol. The number of methoxy groups -OCH3 is 1. The molecule has 0 aliphatic heterocycles. The predicted octanol–water partition coefficient (Wildman–Crippen LogP) is 3.08. The summed E-state index contributed by atoms with van der Waals surface area (Å²) in [7, 11) is 1.34. The molecule has 1 N–H and O–H groups in total. The maximum atomic E-state index is 13.6. The fourth-order valence-corrected chi connectivity index (χ4v) is 1.55. The topological polar surface area (TPSA) is 29.5 Å². The number of alkyl halides is 2. The minimum atomic E-state index is -3.29. The van der Waals surface area contributed by atoms with Crippen molar-refractivity contribution in [2.75, 3.05) is 13.7 Å². The average Bonchev–Trinajstić information content (AvgIpc) is 2.27. The highest BCUT2D eigenvalue weighted by Gasteiger charge is 2.35. The van der Waals surface area contributed by atoms with Crippen LogP contribution in [0.1, 0.15) is 31.9 Å². The summed E-state index contributed by atoms with van der Waals surface area (Å²) in [6.07, 6.45) is 0. The zero-order valence-corrected chi connectivity index (χ0v) is 10.6. The lowest BCUT2D eigenvalue weighted by Gasteiger charge is -2.23. The van der Waals surface area contributed by atoms with Crippen LogP contribution in [0.2, 0.25) is 0 Å². The molecule has 0 aliphatic carbocycles. The van der Waals surface area contributed by atoms with E-state index in [2.05, 4.69) is 0 Å². The van der Waals surface area contributed by atoms with Crippen molar-refractivity contribution >= 4 is 0 Å². The predicted molar refractivity (Wildman–Crippen MR) is 62.7 cm³/mol. The first-order chi connectivity index (χ1) is 7.72. The molecule has 0 saturated carbocycles. The summed E-state index contributed by atoms with van der Waals surface area (Å²) in [5.41, 5.74) is 0.281. The van der Waals surface area contributed by atoms with Crippen LogP contribution < -0.4 is 4.74 Å². The minimum Gasteiger partial charge on any atom is -0.496 e. The summed E-state index contributed by atoms with van der Waals surface area (Å²) in [6, 6.07) is 4.67. The Morgan fingerprint density at radius 1 is 1.24 bits per heavy atom. The van der Waals surface area contributed by atoms with Crippen LogP contribution in [-0.4, -0.2) is 18.8 Å². The maximum absolute atomic E-state index is 13.6. The van der Waals surface area contributed by atoms with E-state index in [1.54, 1.807) is 6.07 Å². The van der Waals surface area contributed by atoms with Crippen LogP contribution in [0.15, 0.2) is 18.2 Å². The van der Waals surface area contributed by atoms with Gasteiger partial charge in [-0.2, -0.15) is 8.78 Å². The first-order valence-electron chi connectivity index (χ1n) is 5.40. The highest BCUT2D eigenvalue weighted by atomic mass is 19.3. The maximum Gasteiger partial charge on any atom is 0.299 e. The van der Waals surface area contributed by atoms with Crippen LogP contribution in [0.4, 0.5) is 8.78 Å². The first kappa shape index (κ1) is 13.9. The van der Waals surface area contributed by atoms with Gasteiger partial charge in [0.05, 0.1) is 12.7 Å². The van der Waals surface area contributed by atoms with E-state index in [4.69, 9.17) is 9.84 Å². The van der Waals surface area contributed by atoms with E-state index in [9.17, 15) is 8.78 Å². The molecule has 0 fully saturated rings. The number of rotatable bonds is 3. The van der Waals surface area contributed by atoms with Crippen molar-refractivity contribution in [3.63, 3.8) is 0 Å². The molecule has 4 heteroatoms. The van der Waals surface area contributed by atoms with E-state index in [0.29, 0.717) is 0 Å². The van der Waals surface area contributed by atoms with Crippen LogP contribution in [0.25, 0.3) is 0 Å². The molecule has 0 atom stereocenters. The first-order valence-corrected chi connectivity index (χ1v) is 5.40. The molecule has 0 spiro atoms. The molecule has 1 aromatic carbocycles. The fraction of sp³-hybridized carbons (Fsp3) is 0.538. The van der Waals surface area contributed by atoms with E-state index < -0.39 is 12.5 Å². The number of benzene rings is 1. The van der Waals surface area contributed by atoms with Gasteiger partial charge in [0.15, 0.2) is 0 Å². The molecule has 0 radical (unpaired) electrons. The molecule has 0 saturated heterocycles. The van der Waals surface area contributed by atoms with Crippen LogP contribution in [-0.2, 0) is 11.3 Å². The van der Waals surface area contributed by atoms with Gasteiger partial charge in [0.2, 0.25) is 0 Å². The molecule has 0 aliphatic rings. The number of halogens is 2. The van der Waals surface area contributed by atoms with Gasteiger partial charge in [-0.1, -0.05) is 26.8 Å². The van der Waals surface area contributed by atoms with E-state index in [0.717, 1.165) is 5.56 Å². The third-order valence-corrected chi connectivity index (χ3v) is 2.66. The molecule has 0 unspecified atom stereocenters. The number of hydrogen-bond acceptors (Lipinski definition) is 2. The summed E-state index contributed by atoms with van der Waals surface area (Å²) in [5, 5.41) is 8.76. The van der Waals surface area contributed by atoms with E-state index in [1.165, 1.54) is 19.2 Å². The highest BCUT2D eigenvalue weighted by Crippen LogP contribution is 2.37. The quantitative estimate of drug-likeness (QED) is 0.885. The second kappa shape index (κ2) is 4.61. The Balaban J connectivity index is 3.35. The van der Waals surface area contributed by atoms with Crippen molar-refractivity contribution in [2.45, 2.75) is 32.1 Å². The normalized spacial score (nSPS) is 12.6. The summed E-state index contributed by atoms with van der Waals surface area (Å²) in [4.78, 5) is 0. The van der Waals surface area contributed by atoms with Gasteiger partial charge in [-0.05, 0) is 23.1 Å². The van der Waals surface area contributed by atoms with Crippen molar-refractivity contribution in [1.82, 2.24) is 0 Å². The Bertz CT molecular complexity index is 395. The summed E-state index contributed by atoms with van der Waals surface area (Å²) in [6.45, 7) is 4.60. The van der Waals surface area contributed by atoms with E-state index in [1.807, 2.05) is 20.8 Å². The Morgan fingerprint density at radius 2 is 1.82 bits per heavy atom. The Hall–Kier alpha value is -1.16. The average molecular weight is 244 g/mol. The SMILES string of the molecule is COc1ccc(C(C)(C)C)cc1C(F)(F)CO. The molecule has 0 aromatic heterocycles. The van der Waals surface area contributed by atoms with Gasteiger partial charge < -0.3 is 9.84 Å². The zero-order chi connectivity index (χ0) is 13.3. The fourth-order valence-electron chi connectivity index (χ4n) is 1.55. The molecule has 17 heavy (non-hydrogen) atoms.